The number of alkyl halides is 2. The van der Waals surface area contributed by atoms with E-state index >= 15 is 0 Å². The van der Waals surface area contributed by atoms with Crippen LogP contribution in [0.1, 0.15) is 31.7 Å². The van der Waals surface area contributed by atoms with Crippen molar-refractivity contribution in [1.29, 1.82) is 0 Å². The van der Waals surface area contributed by atoms with E-state index in [9.17, 15) is 8.78 Å². The van der Waals surface area contributed by atoms with Crippen LogP contribution in [-0.4, -0.2) is 6.29 Å². The van der Waals surface area contributed by atoms with Gasteiger partial charge in [0.05, 0.1) is 0 Å². The maximum absolute atomic E-state index is 12.8. The van der Waals surface area contributed by atoms with Gasteiger partial charge in [-0.15, -0.1) is 8.78 Å². The third kappa shape index (κ3) is 1.76. The first kappa shape index (κ1) is 10.2. The molecule has 0 aromatic heterocycles. The average molecular weight is 214 g/mol. The molecule has 0 aliphatic carbocycles. The van der Waals surface area contributed by atoms with E-state index in [0.717, 1.165) is 12.0 Å². The number of benzene rings is 1. The second kappa shape index (κ2) is 3.36. The number of ether oxygens (including phenoxy) is 2. The molecule has 0 radical (unpaired) electrons. The number of fused-ring (bicyclic) bond motifs is 1. The Balaban J connectivity index is 2.41. The monoisotopic (exact) mass is 214 g/mol. The van der Waals surface area contributed by atoms with Gasteiger partial charge in [-0.1, -0.05) is 26.0 Å². The van der Waals surface area contributed by atoms with Gasteiger partial charge >= 0.3 is 6.29 Å². The van der Waals surface area contributed by atoms with Crippen LogP contribution in [0.4, 0.5) is 8.78 Å². The van der Waals surface area contributed by atoms with Crippen LogP contribution in [0.2, 0.25) is 0 Å². The van der Waals surface area contributed by atoms with Crippen LogP contribution in [0.15, 0.2) is 18.2 Å². The Morgan fingerprint density at radius 3 is 2.73 bits per heavy atom. The van der Waals surface area contributed by atoms with Crippen molar-refractivity contribution in [2.75, 3.05) is 0 Å². The van der Waals surface area contributed by atoms with Gasteiger partial charge in [0.1, 0.15) is 0 Å². The minimum Gasteiger partial charge on any atom is -0.395 e. The number of hydrogen-bond acceptors (Lipinski definition) is 2. The SMILES string of the molecule is CCC(C)c1cccc2c1OC(F)(F)O2. The van der Waals surface area contributed by atoms with Gasteiger partial charge in [-0.2, -0.15) is 0 Å². The smallest absolute Gasteiger partial charge is 0.395 e. The van der Waals surface area contributed by atoms with E-state index in [1.807, 2.05) is 13.8 Å². The van der Waals surface area contributed by atoms with Crippen LogP contribution in [0.5, 0.6) is 11.5 Å². The molecule has 82 valence electrons. The minimum absolute atomic E-state index is 0.123. The molecule has 1 atom stereocenters. The fourth-order valence-electron chi connectivity index (χ4n) is 1.60. The highest BCUT2D eigenvalue weighted by Gasteiger charge is 2.44. The fraction of sp³-hybridized carbons (Fsp3) is 0.455. The summed E-state index contributed by atoms with van der Waals surface area (Å²) in [7, 11) is 0. The predicted molar refractivity (Wildman–Crippen MR) is 51.4 cm³/mol. The third-order valence-corrected chi connectivity index (χ3v) is 2.60. The summed E-state index contributed by atoms with van der Waals surface area (Å²) in [5.41, 5.74) is 0.771. The molecule has 4 heteroatoms. The molecule has 1 unspecified atom stereocenters. The van der Waals surface area contributed by atoms with E-state index in [2.05, 4.69) is 9.47 Å². The van der Waals surface area contributed by atoms with Crippen molar-refractivity contribution >= 4 is 0 Å². The van der Waals surface area contributed by atoms with Crippen molar-refractivity contribution in [3.63, 3.8) is 0 Å². The third-order valence-electron chi connectivity index (χ3n) is 2.60. The van der Waals surface area contributed by atoms with Gasteiger partial charge in [0.25, 0.3) is 0 Å². The van der Waals surface area contributed by atoms with Crippen molar-refractivity contribution in [3.05, 3.63) is 23.8 Å². The predicted octanol–water partition coefficient (Wildman–Crippen LogP) is 3.52. The number of para-hydroxylation sites is 1. The molecule has 1 aliphatic rings. The Hall–Kier alpha value is -1.32. The Bertz CT molecular complexity index is 377. The van der Waals surface area contributed by atoms with Crippen molar-refractivity contribution in [1.82, 2.24) is 0 Å². The summed E-state index contributed by atoms with van der Waals surface area (Å²) in [4.78, 5) is 0. The summed E-state index contributed by atoms with van der Waals surface area (Å²) in [6, 6.07) is 4.98. The Morgan fingerprint density at radius 2 is 2.07 bits per heavy atom. The van der Waals surface area contributed by atoms with E-state index < -0.39 is 6.29 Å². The van der Waals surface area contributed by atoms with Crippen molar-refractivity contribution in [2.24, 2.45) is 0 Å². The summed E-state index contributed by atoms with van der Waals surface area (Å²) in [6.07, 6.45) is -2.66. The van der Waals surface area contributed by atoms with Crippen molar-refractivity contribution in [2.45, 2.75) is 32.5 Å². The Morgan fingerprint density at radius 1 is 1.33 bits per heavy atom. The van der Waals surface area contributed by atoms with Gasteiger partial charge in [0.2, 0.25) is 0 Å². The van der Waals surface area contributed by atoms with E-state index in [-0.39, 0.29) is 17.4 Å². The molecule has 1 aromatic rings. The van der Waals surface area contributed by atoms with Crippen molar-refractivity contribution < 1.29 is 18.3 Å². The highest BCUT2D eigenvalue weighted by molar-refractivity contribution is 5.50. The largest absolute Gasteiger partial charge is 0.586 e. The molecule has 0 amide bonds. The second-order valence-electron chi connectivity index (χ2n) is 3.65. The summed E-state index contributed by atoms with van der Waals surface area (Å²) < 4.78 is 34.5. The lowest BCUT2D eigenvalue weighted by molar-refractivity contribution is -0.287. The molecular formula is C11H12F2O2. The van der Waals surface area contributed by atoms with Gasteiger partial charge in [0.15, 0.2) is 11.5 Å². The van der Waals surface area contributed by atoms with Crippen LogP contribution >= 0.6 is 0 Å². The first-order valence-corrected chi connectivity index (χ1v) is 4.92. The van der Waals surface area contributed by atoms with Gasteiger partial charge in [-0.3, -0.25) is 0 Å². The number of hydrogen-bond donors (Lipinski definition) is 0. The van der Waals surface area contributed by atoms with Crippen LogP contribution in [-0.2, 0) is 0 Å². The average Bonchev–Trinajstić information content (AvgIpc) is 2.49. The molecular weight excluding hydrogens is 202 g/mol. The minimum atomic E-state index is -3.52. The zero-order valence-electron chi connectivity index (χ0n) is 8.59. The summed E-state index contributed by atoms with van der Waals surface area (Å²) in [5, 5.41) is 0. The zero-order valence-corrected chi connectivity index (χ0v) is 8.59. The molecule has 0 spiro atoms. The first-order valence-electron chi connectivity index (χ1n) is 4.92. The lowest BCUT2D eigenvalue weighted by Gasteiger charge is -2.11. The van der Waals surface area contributed by atoms with Crippen LogP contribution < -0.4 is 9.47 Å². The van der Waals surface area contributed by atoms with E-state index in [1.54, 1.807) is 12.1 Å². The number of rotatable bonds is 2. The molecule has 1 heterocycles. The molecule has 0 bridgehead atoms. The summed E-state index contributed by atoms with van der Waals surface area (Å²) in [6.45, 7) is 3.97. The maximum atomic E-state index is 12.8. The zero-order chi connectivity index (χ0) is 11.1. The summed E-state index contributed by atoms with van der Waals surface area (Å²) in [5.74, 6) is 0.479. The maximum Gasteiger partial charge on any atom is 0.586 e. The van der Waals surface area contributed by atoms with Crippen molar-refractivity contribution in [3.8, 4) is 11.5 Å². The Labute approximate surface area is 86.8 Å². The molecule has 0 fully saturated rings. The van der Waals surface area contributed by atoms with Crippen LogP contribution in [0, 0.1) is 0 Å². The summed E-state index contributed by atoms with van der Waals surface area (Å²) >= 11 is 0. The van der Waals surface area contributed by atoms with Crippen LogP contribution in [0.25, 0.3) is 0 Å². The van der Waals surface area contributed by atoms with E-state index in [1.165, 1.54) is 6.07 Å². The topological polar surface area (TPSA) is 18.5 Å². The van der Waals surface area contributed by atoms with Gasteiger partial charge in [0, 0.05) is 5.56 Å². The molecule has 0 saturated carbocycles. The van der Waals surface area contributed by atoms with Crippen LogP contribution in [0.3, 0.4) is 0 Å². The standard InChI is InChI=1S/C11H12F2O2/c1-3-7(2)8-5-4-6-9-10(8)15-11(12,13)14-9/h4-7H,3H2,1-2H3. The highest BCUT2D eigenvalue weighted by Crippen LogP contribution is 2.45. The molecule has 2 rings (SSSR count). The number of halogens is 2. The lowest BCUT2D eigenvalue weighted by atomic mass is 9.97. The fourth-order valence-corrected chi connectivity index (χ4v) is 1.60. The van der Waals surface area contributed by atoms with Gasteiger partial charge in [-0.05, 0) is 18.4 Å². The second-order valence-corrected chi connectivity index (χ2v) is 3.65. The van der Waals surface area contributed by atoms with E-state index in [4.69, 9.17) is 0 Å². The molecule has 15 heavy (non-hydrogen) atoms. The quantitative estimate of drug-likeness (QED) is 0.749. The molecule has 1 aliphatic heterocycles. The molecule has 1 aromatic carbocycles. The lowest BCUT2D eigenvalue weighted by Crippen LogP contribution is -2.26. The molecule has 2 nitrogen and oxygen atoms in total. The first-order chi connectivity index (χ1) is 7.03. The van der Waals surface area contributed by atoms with Gasteiger partial charge < -0.3 is 9.47 Å². The van der Waals surface area contributed by atoms with E-state index in [0.29, 0.717) is 0 Å². The Kier molecular flexibility index (Phi) is 2.29. The normalized spacial score (nSPS) is 18.9. The highest BCUT2D eigenvalue weighted by atomic mass is 19.3. The van der Waals surface area contributed by atoms with Gasteiger partial charge in [-0.25, -0.2) is 0 Å². The molecule has 0 saturated heterocycles. The molecule has 0 N–H and O–H groups in total.